The van der Waals surface area contributed by atoms with E-state index in [1.807, 2.05) is 18.2 Å². The van der Waals surface area contributed by atoms with Crippen LogP contribution in [0.25, 0.3) is 0 Å². The van der Waals surface area contributed by atoms with Crippen molar-refractivity contribution in [3.05, 3.63) is 28.8 Å². The molecule has 0 radical (unpaired) electrons. The molecular formula is C15H24ClNO2. The normalized spacial score (nSPS) is 11.6. The van der Waals surface area contributed by atoms with Crippen LogP contribution in [0.4, 0.5) is 0 Å². The molecule has 0 aliphatic carbocycles. The predicted octanol–water partition coefficient (Wildman–Crippen LogP) is 3.24. The highest BCUT2D eigenvalue weighted by molar-refractivity contribution is 6.30. The van der Waals surface area contributed by atoms with Gasteiger partial charge in [-0.2, -0.15) is 0 Å². The third-order valence-electron chi connectivity index (χ3n) is 3.17. The highest BCUT2D eigenvalue weighted by atomic mass is 35.5. The van der Waals surface area contributed by atoms with Crippen molar-refractivity contribution in [1.82, 2.24) is 5.32 Å². The van der Waals surface area contributed by atoms with Gasteiger partial charge in [-0.15, -0.1) is 0 Å². The number of methoxy groups -OCH3 is 1. The highest BCUT2D eigenvalue weighted by Crippen LogP contribution is 2.24. The van der Waals surface area contributed by atoms with Crippen LogP contribution in [0.1, 0.15) is 32.3 Å². The number of hydrogen-bond donors (Lipinski definition) is 2. The summed E-state index contributed by atoms with van der Waals surface area (Å²) in [5.41, 5.74) is 1.24. The van der Waals surface area contributed by atoms with Crippen molar-refractivity contribution in [3.63, 3.8) is 0 Å². The Bertz CT molecular complexity index is 394. The van der Waals surface area contributed by atoms with E-state index in [0.29, 0.717) is 0 Å². The number of benzene rings is 1. The van der Waals surface area contributed by atoms with Crippen LogP contribution >= 0.6 is 11.6 Å². The van der Waals surface area contributed by atoms with Gasteiger partial charge < -0.3 is 15.2 Å². The lowest BCUT2D eigenvalue weighted by molar-refractivity contribution is 0.236. The SMILES string of the molecule is COc1ccc(Cl)cc1CNCC(C)(C)CCCO. The summed E-state index contributed by atoms with van der Waals surface area (Å²) >= 11 is 6.00. The van der Waals surface area contributed by atoms with Gasteiger partial charge >= 0.3 is 0 Å². The van der Waals surface area contributed by atoms with Crippen LogP contribution in [-0.2, 0) is 6.54 Å². The molecule has 0 saturated heterocycles. The Morgan fingerprint density at radius 1 is 1.37 bits per heavy atom. The van der Waals surface area contributed by atoms with Gasteiger partial charge in [0.25, 0.3) is 0 Å². The lowest BCUT2D eigenvalue weighted by atomic mass is 9.88. The second-order valence-corrected chi connectivity index (χ2v) is 5.99. The molecular weight excluding hydrogens is 262 g/mol. The average Bonchev–Trinajstić information content (AvgIpc) is 2.36. The van der Waals surface area contributed by atoms with Crippen LogP contribution in [0.15, 0.2) is 18.2 Å². The zero-order valence-corrected chi connectivity index (χ0v) is 12.8. The third-order valence-corrected chi connectivity index (χ3v) is 3.41. The number of aliphatic hydroxyl groups is 1. The number of rotatable bonds is 8. The number of hydrogen-bond acceptors (Lipinski definition) is 3. The van der Waals surface area contributed by atoms with E-state index >= 15 is 0 Å². The van der Waals surface area contributed by atoms with Gasteiger partial charge in [-0.3, -0.25) is 0 Å². The Hall–Kier alpha value is -0.770. The first-order valence-corrected chi connectivity index (χ1v) is 7.00. The molecule has 19 heavy (non-hydrogen) atoms. The smallest absolute Gasteiger partial charge is 0.123 e. The first kappa shape index (κ1) is 16.3. The van der Waals surface area contributed by atoms with E-state index in [2.05, 4.69) is 19.2 Å². The Balaban J connectivity index is 2.50. The summed E-state index contributed by atoms with van der Waals surface area (Å²) in [5.74, 6) is 0.852. The van der Waals surface area contributed by atoms with Crippen molar-refractivity contribution in [3.8, 4) is 5.75 Å². The van der Waals surface area contributed by atoms with E-state index in [-0.39, 0.29) is 12.0 Å². The molecule has 0 unspecified atom stereocenters. The van der Waals surface area contributed by atoms with Gasteiger partial charge in [-0.05, 0) is 36.5 Å². The lowest BCUT2D eigenvalue weighted by Crippen LogP contribution is -2.29. The molecule has 0 fully saturated rings. The Kier molecular flexibility index (Phi) is 6.63. The van der Waals surface area contributed by atoms with Crippen LogP contribution in [0.2, 0.25) is 5.02 Å². The number of nitrogens with one attached hydrogen (secondary N) is 1. The maximum atomic E-state index is 8.88. The molecule has 0 spiro atoms. The maximum absolute atomic E-state index is 8.88. The molecule has 2 N–H and O–H groups in total. The molecule has 3 nitrogen and oxygen atoms in total. The molecule has 0 atom stereocenters. The topological polar surface area (TPSA) is 41.5 Å². The second-order valence-electron chi connectivity index (χ2n) is 5.55. The van der Waals surface area contributed by atoms with Crippen molar-refractivity contribution in [2.24, 2.45) is 5.41 Å². The zero-order valence-electron chi connectivity index (χ0n) is 12.0. The van der Waals surface area contributed by atoms with Gasteiger partial charge in [0.15, 0.2) is 0 Å². The van der Waals surface area contributed by atoms with E-state index in [9.17, 15) is 0 Å². The summed E-state index contributed by atoms with van der Waals surface area (Å²) in [4.78, 5) is 0. The highest BCUT2D eigenvalue weighted by Gasteiger charge is 2.16. The molecule has 4 heteroatoms. The van der Waals surface area contributed by atoms with Crippen LogP contribution in [0.3, 0.4) is 0 Å². The second kappa shape index (κ2) is 7.73. The standard InChI is InChI=1S/C15H24ClNO2/c1-15(2,7-4-8-18)11-17-10-12-9-13(16)5-6-14(12)19-3/h5-6,9,17-18H,4,7-8,10-11H2,1-3H3. The summed E-state index contributed by atoms with van der Waals surface area (Å²) in [5, 5.41) is 13.0. The molecule has 0 heterocycles. The largest absolute Gasteiger partial charge is 0.496 e. The Labute approximate surface area is 120 Å². The molecule has 0 aliphatic rings. The van der Waals surface area contributed by atoms with Crippen molar-refractivity contribution in [2.75, 3.05) is 20.3 Å². The fourth-order valence-electron chi connectivity index (χ4n) is 2.07. The van der Waals surface area contributed by atoms with E-state index < -0.39 is 0 Å². The van der Waals surface area contributed by atoms with E-state index in [4.69, 9.17) is 21.4 Å². The molecule has 0 bridgehead atoms. The first-order chi connectivity index (χ1) is 8.98. The number of ether oxygens (including phenoxy) is 1. The molecule has 0 aromatic heterocycles. The van der Waals surface area contributed by atoms with E-state index in [0.717, 1.165) is 42.3 Å². The monoisotopic (exact) mass is 285 g/mol. The van der Waals surface area contributed by atoms with Gasteiger partial charge in [0.2, 0.25) is 0 Å². The van der Waals surface area contributed by atoms with Gasteiger partial charge in [0.1, 0.15) is 5.75 Å². The minimum atomic E-state index is 0.175. The van der Waals surface area contributed by atoms with Crippen LogP contribution < -0.4 is 10.1 Å². The van der Waals surface area contributed by atoms with Crippen LogP contribution in [-0.4, -0.2) is 25.4 Å². The summed E-state index contributed by atoms with van der Waals surface area (Å²) < 4.78 is 5.32. The molecule has 0 aliphatic heterocycles. The minimum Gasteiger partial charge on any atom is -0.496 e. The molecule has 0 saturated carbocycles. The summed E-state index contributed by atoms with van der Waals surface area (Å²) in [6, 6.07) is 5.64. The molecule has 108 valence electrons. The van der Waals surface area contributed by atoms with E-state index in [1.165, 1.54) is 0 Å². The fourth-order valence-corrected chi connectivity index (χ4v) is 2.26. The molecule has 1 aromatic carbocycles. The quantitative estimate of drug-likeness (QED) is 0.770. The first-order valence-electron chi connectivity index (χ1n) is 6.62. The average molecular weight is 286 g/mol. The molecule has 1 rings (SSSR count). The summed E-state index contributed by atoms with van der Waals surface area (Å²) in [7, 11) is 1.66. The van der Waals surface area contributed by atoms with Crippen LogP contribution in [0, 0.1) is 5.41 Å². The van der Waals surface area contributed by atoms with E-state index in [1.54, 1.807) is 7.11 Å². The van der Waals surface area contributed by atoms with Gasteiger partial charge in [-0.25, -0.2) is 0 Å². The molecule has 1 aromatic rings. The maximum Gasteiger partial charge on any atom is 0.123 e. The Morgan fingerprint density at radius 3 is 2.74 bits per heavy atom. The molecule has 0 amide bonds. The zero-order chi connectivity index (χ0) is 14.3. The van der Waals surface area contributed by atoms with Crippen molar-refractivity contribution in [1.29, 1.82) is 0 Å². The number of halogens is 1. The van der Waals surface area contributed by atoms with Crippen LogP contribution in [0.5, 0.6) is 5.75 Å². The lowest BCUT2D eigenvalue weighted by Gasteiger charge is -2.25. The Morgan fingerprint density at radius 2 is 2.11 bits per heavy atom. The predicted molar refractivity (Wildman–Crippen MR) is 79.8 cm³/mol. The fraction of sp³-hybridized carbons (Fsp3) is 0.600. The summed E-state index contributed by atoms with van der Waals surface area (Å²) in [6.45, 7) is 6.27. The third kappa shape index (κ3) is 5.81. The van der Waals surface area contributed by atoms with Crippen molar-refractivity contribution < 1.29 is 9.84 Å². The van der Waals surface area contributed by atoms with Crippen molar-refractivity contribution >= 4 is 11.6 Å². The summed E-state index contributed by atoms with van der Waals surface area (Å²) in [6.07, 6.45) is 1.85. The van der Waals surface area contributed by atoms with Gasteiger partial charge in [-0.1, -0.05) is 25.4 Å². The minimum absolute atomic E-state index is 0.175. The van der Waals surface area contributed by atoms with Gasteiger partial charge in [0, 0.05) is 30.3 Å². The van der Waals surface area contributed by atoms with Crippen molar-refractivity contribution in [2.45, 2.75) is 33.2 Å². The number of aliphatic hydroxyl groups excluding tert-OH is 1. The van der Waals surface area contributed by atoms with Gasteiger partial charge in [0.05, 0.1) is 7.11 Å².